The van der Waals surface area contributed by atoms with E-state index in [4.69, 9.17) is 4.74 Å². The van der Waals surface area contributed by atoms with E-state index in [1.54, 1.807) is 50.3 Å². The smallest absolute Gasteiger partial charge is 0.418 e. The number of hydrogen-bond acceptors (Lipinski definition) is 6. The zero-order valence-corrected chi connectivity index (χ0v) is 16.6. The maximum atomic E-state index is 12.6. The number of carbonyl (C=O) groups excluding carboxylic acids is 1. The Balaban J connectivity index is 1.94. The summed E-state index contributed by atoms with van der Waals surface area (Å²) in [6.45, 7) is 5.26. The lowest BCUT2D eigenvalue weighted by Gasteiger charge is -2.26. The Morgan fingerprint density at radius 3 is 2.68 bits per heavy atom. The highest BCUT2D eigenvalue weighted by Crippen LogP contribution is 2.25. The van der Waals surface area contributed by atoms with Crippen LogP contribution < -0.4 is 5.56 Å². The van der Waals surface area contributed by atoms with Crippen LogP contribution in [0, 0.1) is 0 Å². The molecule has 3 rings (SSSR count). The van der Waals surface area contributed by atoms with E-state index in [-0.39, 0.29) is 17.1 Å². The molecule has 0 saturated carbocycles. The second kappa shape index (κ2) is 7.95. The molecule has 0 saturated heterocycles. The number of rotatable bonds is 3. The fraction of sp³-hybridized carbons (Fsp3) is 0.250. The van der Waals surface area contributed by atoms with Crippen molar-refractivity contribution in [2.24, 2.45) is 4.99 Å². The van der Waals surface area contributed by atoms with Gasteiger partial charge in [-0.2, -0.15) is 11.3 Å². The molecule has 1 unspecified atom stereocenters. The number of nitrogens with one attached hydrogen (secondary N) is 1. The molecule has 1 amide bonds. The quantitative estimate of drug-likeness (QED) is 0.826. The highest BCUT2D eigenvalue weighted by atomic mass is 32.1. The number of aliphatic hydroxyl groups excluding tert-OH is 1. The summed E-state index contributed by atoms with van der Waals surface area (Å²) in [5.41, 5.74) is 0.925. The van der Waals surface area contributed by atoms with Gasteiger partial charge in [-0.3, -0.25) is 4.79 Å². The number of aromatic nitrogens is 1. The highest BCUT2D eigenvalue weighted by molar-refractivity contribution is 7.08. The predicted octanol–water partition coefficient (Wildman–Crippen LogP) is 3.46. The normalized spacial score (nSPS) is 18.7. The van der Waals surface area contributed by atoms with Crippen molar-refractivity contribution in [2.75, 3.05) is 0 Å². The molecule has 0 bridgehead atoms. The van der Waals surface area contributed by atoms with E-state index >= 15 is 0 Å². The van der Waals surface area contributed by atoms with Gasteiger partial charge in [0, 0.05) is 12.3 Å². The van der Waals surface area contributed by atoms with Crippen LogP contribution in [0.4, 0.5) is 4.79 Å². The van der Waals surface area contributed by atoms with Crippen molar-refractivity contribution in [3.63, 3.8) is 0 Å². The van der Waals surface area contributed by atoms with Gasteiger partial charge in [-0.25, -0.2) is 14.7 Å². The summed E-state index contributed by atoms with van der Waals surface area (Å²) < 4.78 is 5.41. The SMILES string of the molecule is CC(C)(C)OC(=O)N1C(/C=C/c2ccsc2)=NC(=C\c2ccc(=O)[nH]c2)/C1O. The number of carbonyl (C=O) groups is 1. The average Bonchev–Trinajstić information content (AvgIpc) is 3.22. The Bertz CT molecular complexity index is 977. The first-order valence-corrected chi connectivity index (χ1v) is 9.57. The lowest BCUT2D eigenvalue weighted by atomic mass is 10.2. The second-order valence-electron chi connectivity index (χ2n) is 7.14. The number of thiophene rings is 1. The molecule has 3 heterocycles. The van der Waals surface area contributed by atoms with Crippen molar-refractivity contribution in [2.45, 2.75) is 32.6 Å². The monoisotopic (exact) mass is 399 g/mol. The maximum absolute atomic E-state index is 12.6. The molecule has 7 nitrogen and oxygen atoms in total. The van der Waals surface area contributed by atoms with E-state index in [0.717, 1.165) is 10.5 Å². The summed E-state index contributed by atoms with van der Waals surface area (Å²) in [7, 11) is 0. The van der Waals surface area contributed by atoms with E-state index in [1.165, 1.54) is 12.3 Å². The topological polar surface area (TPSA) is 95.0 Å². The van der Waals surface area contributed by atoms with Crippen LogP contribution in [0.25, 0.3) is 12.2 Å². The number of aromatic amines is 1. The second-order valence-corrected chi connectivity index (χ2v) is 7.92. The van der Waals surface area contributed by atoms with E-state index in [9.17, 15) is 14.7 Å². The molecule has 0 aliphatic carbocycles. The van der Waals surface area contributed by atoms with E-state index in [0.29, 0.717) is 5.56 Å². The van der Waals surface area contributed by atoms with Crippen LogP contribution in [0.1, 0.15) is 31.9 Å². The molecule has 2 aromatic rings. The molecule has 0 aromatic carbocycles. The number of aliphatic imine (C=N–C) groups is 1. The standard InChI is InChI=1S/C20H21N3O4S/c1-20(2,3)27-19(26)23-16(6-4-13-8-9-28-12-13)22-15(18(23)25)10-14-5-7-17(24)21-11-14/h4-12,18,25H,1-3H3,(H,21,24)/b6-4+,15-10-. The summed E-state index contributed by atoms with van der Waals surface area (Å²) >= 11 is 1.55. The number of amides is 1. The molecule has 1 aliphatic rings. The summed E-state index contributed by atoms with van der Waals surface area (Å²) in [4.78, 5) is 31.9. The zero-order chi connectivity index (χ0) is 20.3. The van der Waals surface area contributed by atoms with E-state index in [2.05, 4.69) is 9.98 Å². The average molecular weight is 399 g/mol. The van der Waals surface area contributed by atoms with Gasteiger partial charge in [0.05, 0.1) is 5.70 Å². The van der Waals surface area contributed by atoms with Crippen LogP contribution in [0.3, 0.4) is 0 Å². The minimum Gasteiger partial charge on any atom is -0.443 e. The molecule has 0 radical (unpaired) electrons. The van der Waals surface area contributed by atoms with Gasteiger partial charge in [0.15, 0.2) is 6.23 Å². The van der Waals surface area contributed by atoms with Gasteiger partial charge in [0.25, 0.3) is 0 Å². The van der Waals surface area contributed by atoms with Crippen LogP contribution in [-0.2, 0) is 4.74 Å². The first-order valence-electron chi connectivity index (χ1n) is 8.62. The summed E-state index contributed by atoms with van der Waals surface area (Å²) in [6, 6.07) is 4.91. The van der Waals surface area contributed by atoms with Crippen LogP contribution in [0.5, 0.6) is 0 Å². The van der Waals surface area contributed by atoms with Crippen molar-refractivity contribution >= 4 is 35.4 Å². The minimum absolute atomic E-state index is 0.229. The lowest BCUT2D eigenvalue weighted by molar-refractivity contribution is 0.0113. The molecule has 2 N–H and O–H groups in total. The summed E-state index contributed by atoms with van der Waals surface area (Å²) in [5.74, 6) is 0.267. The van der Waals surface area contributed by atoms with Gasteiger partial charge in [0.1, 0.15) is 11.4 Å². The number of hydrogen-bond donors (Lipinski definition) is 2. The van der Waals surface area contributed by atoms with Gasteiger partial charge in [-0.05, 0) is 66.9 Å². The Kier molecular flexibility index (Phi) is 5.62. The molecule has 0 spiro atoms. The van der Waals surface area contributed by atoms with E-state index in [1.807, 2.05) is 22.9 Å². The molecule has 28 heavy (non-hydrogen) atoms. The number of ether oxygens (including phenoxy) is 1. The fourth-order valence-corrected chi connectivity index (χ4v) is 3.08. The molecular formula is C20H21N3O4S. The summed E-state index contributed by atoms with van der Waals surface area (Å²) in [6.07, 6.45) is 4.57. The van der Waals surface area contributed by atoms with Crippen LogP contribution >= 0.6 is 11.3 Å². The van der Waals surface area contributed by atoms with Gasteiger partial charge in [-0.15, -0.1) is 0 Å². The van der Waals surface area contributed by atoms with Crippen LogP contribution in [0.15, 0.2) is 56.7 Å². The first kappa shape index (κ1) is 19.8. The zero-order valence-electron chi connectivity index (χ0n) is 15.7. The number of nitrogens with zero attached hydrogens (tertiary/aromatic N) is 2. The highest BCUT2D eigenvalue weighted by Gasteiger charge is 2.37. The molecule has 1 aliphatic heterocycles. The predicted molar refractivity (Wildman–Crippen MR) is 110 cm³/mol. The van der Waals surface area contributed by atoms with Crippen LogP contribution in [0.2, 0.25) is 0 Å². The van der Waals surface area contributed by atoms with Crippen molar-refractivity contribution in [3.8, 4) is 0 Å². The Hall–Kier alpha value is -2.97. The van der Waals surface area contributed by atoms with Crippen molar-refractivity contribution in [1.82, 2.24) is 9.88 Å². The van der Waals surface area contributed by atoms with E-state index < -0.39 is 17.9 Å². The fourth-order valence-electron chi connectivity index (χ4n) is 2.45. The molecule has 146 valence electrons. The van der Waals surface area contributed by atoms with Crippen molar-refractivity contribution in [1.29, 1.82) is 0 Å². The third-order valence-corrected chi connectivity index (χ3v) is 4.38. The Morgan fingerprint density at radius 1 is 1.29 bits per heavy atom. The van der Waals surface area contributed by atoms with Gasteiger partial charge < -0.3 is 14.8 Å². The molecular weight excluding hydrogens is 378 g/mol. The number of aliphatic hydroxyl groups is 1. The van der Waals surface area contributed by atoms with Gasteiger partial charge >= 0.3 is 6.09 Å². The largest absolute Gasteiger partial charge is 0.443 e. The van der Waals surface area contributed by atoms with Crippen molar-refractivity contribution in [3.05, 3.63) is 68.4 Å². The maximum Gasteiger partial charge on any atom is 0.418 e. The van der Waals surface area contributed by atoms with Gasteiger partial charge in [0.2, 0.25) is 5.56 Å². The first-order chi connectivity index (χ1) is 13.2. The van der Waals surface area contributed by atoms with Gasteiger partial charge in [-0.1, -0.05) is 6.08 Å². The molecule has 2 aromatic heterocycles. The number of amidine groups is 1. The van der Waals surface area contributed by atoms with Crippen molar-refractivity contribution < 1.29 is 14.6 Å². The minimum atomic E-state index is -1.30. The Morgan fingerprint density at radius 2 is 2.07 bits per heavy atom. The Labute approximate surface area is 166 Å². The molecule has 0 fully saturated rings. The number of pyridine rings is 1. The number of H-pyrrole nitrogens is 1. The lowest BCUT2D eigenvalue weighted by Crippen LogP contribution is -2.43. The molecule has 8 heteroatoms. The third-order valence-electron chi connectivity index (χ3n) is 3.68. The van der Waals surface area contributed by atoms with Crippen LogP contribution in [-0.4, -0.2) is 38.7 Å². The molecule has 1 atom stereocenters. The summed E-state index contributed by atoms with van der Waals surface area (Å²) in [5, 5.41) is 14.6. The third kappa shape index (κ3) is 4.85.